The molecule has 0 bridgehead atoms. The molecule has 150 valence electrons. The van der Waals surface area contributed by atoms with E-state index in [2.05, 4.69) is 37.6 Å². The zero-order valence-electron chi connectivity index (χ0n) is 16.5. The quantitative estimate of drug-likeness (QED) is 0.646. The van der Waals surface area contributed by atoms with Gasteiger partial charge in [0.2, 0.25) is 5.91 Å². The fourth-order valence-corrected chi connectivity index (χ4v) is 3.18. The number of morpholine rings is 1. The number of aryl methyl sites for hydroxylation is 2. The summed E-state index contributed by atoms with van der Waals surface area (Å²) in [6.45, 7) is 6.22. The van der Waals surface area contributed by atoms with Gasteiger partial charge in [-0.05, 0) is 25.3 Å². The molecule has 1 aliphatic heterocycles. The van der Waals surface area contributed by atoms with E-state index in [0.29, 0.717) is 19.5 Å². The molecule has 0 saturated carbocycles. The number of aromatic nitrogens is 2. The number of ether oxygens (including phenoxy) is 1. The Morgan fingerprint density at radius 2 is 1.93 bits per heavy atom. The SMILES string of the molecule is Cc1nc(NCCNC(=O)CCCc2ccccc2)cc(N2CCOCC2)n1. The van der Waals surface area contributed by atoms with E-state index in [-0.39, 0.29) is 5.91 Å². The maximum Gasteiger partial charge on any atom is 0.220 e. The van der Waals surface area contributed by atoms with Crippen LogP contribution in [0.5, 0.6) is 0 Å². The lowest BCUT2D eigenvalue weighted by molar-refractivity contribution is -0.121. The van der Waals surface area contributed by atoms with Gasteiger partial charge < -0.3 is 20.3 Å². The van der Waals surface area contributed by atoms with E-state index in [0.717, 1.165) is 56.6 Å². The van der Waals surface area contributed by atoms with Gasteiger partial charge in [-0.1, -0.05) is 30.3 Å². The molecule has 2 N–H and O–H groups in total. The van der Waals surface area contributed by atoms with Crippen LogP contribution in [0.3, 0.4) is 0 Å². The molecular weight excluding hydrogens is 354 g/mol. The monoisotopic (exact) mass is 383 g/mol. The number of nitrogens with one attached hydrogen (secondary N) is 2. The highest BCUT2D eigenvalue weighted by Gasteiger charge is 2.14. The van der Waals surface area contributed by atoms with Crippen molar-refractivity contribution in [2.24, 2.45) is 0 Å². The standard InChI is InChI=1S/C21H29N5O2/c1-17-24-19(16-20(25-17)26-12-14-28-15-13-26)22-10-11-23-21(27)9-5-8-18-6-3-2-4-7-18/h2-4,6-7,16H,5,8-15H2,1H3,(H,23,27)(H,22,24,25). The second-order valence-corrected chi connectivity index (χ2v) is 6.87. The molecule has 3 rings (SSSR count). The number of carbonyl (C=O) groups is 1. The van der Waals surface area contributed by atoms with Gasteiger partial charge in [0, 0.05) is 38.7 Å². The molecule has 1 saturated heterocycles. The van der Waals surface area contributed by atoms with Crippen molar-refractivity contribution in [3.63, 3.8) is 0 Å². The Labute approximate surface area is 166 Å². The zero-order valence-corrected chi connectivity index (χ0v) is 16.5. The van der Waals surface area contributed by atoms with Gasteiger partial charge in [0.15, 0.2) is 0 Å². The summed E-state index contributed by atoms with van der Waals surface area (Å²) in [5, 5.41) is 6.24. The molecule has 1 aromatic heterocycles. The summed E-state index contributed by atoms with van der Waals surface area (Å²) >= 11 is 0. The van der Waals surface area contributed by atoms with Crippen molar-refractivity contribution < 1.29 is 9.53 Å². The number of anilines is 2. The van der Waals surface area contributed by atoms with E-state index < -0.39 is 0 Å². The topological polar surface area (TPSA) is 79.4 Å². The number of hydrogen-bond acceptors (Lipinski definition) is 6. The summed E-state index contributed by atoms with van der Waals surface area (Å²) in [4.78, 5) is 23.1. The summed E-state index contributed by atoms with van der Waals surface area (Å²) in [6, 6.07) is 12.2. The molecule has 1 aliphatic rings. The molecule has 7 heteroatoms. The average Bonchev–Trinajstić information content (AvgIpc) is 2.72. The molecule has 1 fully saturated rings. The predicted molar refractivity (Wildman–Crippen MR) is 111 cm³/mol. The van der Waals surface area contributed by atoms with Gasteiger partial charge in [0.25, 0.3) is 0 Å². The second kappa shape index (κ2) is 10.6. The van der Waals surface area contributed by atoms with E-state index in [1.165, 1.54) is 5.56 Å². The Balaban J connectivity index is 1.36. The first-order chi connectivity index (χ1) is 13.7. The van der Waals surface area contributed by atoms with Crippen LogP contribution >= 0.6 is 0 Å². The van der Waals surface area contributed by atoms with Gasteiger partial charge in [-0.15, -0.1) is 0 Å². The minimum absolute atomic E-state index is 0.0885. The molecule has 0 spiro atoms. The molecule has 0 radical (unpaired) electrons. The highest BCUT2D eigenvalue weighted by atomic mass is 16.5. The van der Waals surface area contributed by atoms with Gasteiger partial charge in [-0.25, -0.2) is 9.97 Å². The molecule has 28 heavy (non-hydrogen) atoms. The molecule has 1 amide bonds. The minimum atomic E-state index is 0.0885. The summed E-state index contributed by atoms with van der Waals surface area (Å²) in [5.41, 5.74) is 1.27. The molecular formula is C21H29N5O2. The van der Waals surface area contributed by atoms with Crippen LogP contribution in [0, 0.1) is 6.92 Å². The van der Waals surface area contributed by atoms with Crippen LogP contribution in [0.1, 0.15) is 24.2 Å². The van der Waals surface area contributed by atoms with Gasteiger partial charge in [0.1, 0.15) is 17.5 Å². The summed E-state index contributed by atoms with van der Waals surface area (Å²) in [7, 11) is 0. The van der Waals surface area contributed by atoms with Crippen molar-refractivity contribution in [1.82, 2.24) is 15.3 Å². The van der Waals surface area contributed by atoms with Gasteiger partial charge in [-0.2, -0.15) is 0 Å². The Bertz CT molecular complexity index is 748. The van der Waals surface area contributed by atoms with Crippen molar-refractivity contribution in [2.45, 2.75) is 26.2 Å². The minimum Gasteiger partial charge on any atom is -0.378 e. The van der Waals surface area contributed by atoms with Crippen LogP contribution in [-0.4, -0.2) is 55.3 Å². The van der Waals surface area contributed by atoms with E-state index in [1.807, 2.05) is 31.2 Å². The molecule has 2 aromatic rings. The van der Waals surface area contributed by atoms with Crippen LogP contribution < -0.4 is 15.5 Å². The first kappa shape index (κ1) is 20.1. The highest BCUT2D eigenvalue weighted by Crippen LogP contribution is 2.16. The molecule has 1 aromatic carbocycles. The fraction of sp³-hybridized carbons (Fsp3) is 0.476. The number of amides is 1. The smallest absolute Gasteiger partial charge is 0.220 e. The largest absolute Gasteiger partial charge is 0.378 e. The summed E-state index contributed by atoms with van der Waals surface area (Å²) in [5.74, 6) is 2.53. The number of carbonyl (C=O) groups excluding carboxylic acids is 1. The Morgan fingerprint density at radius 1 is 1.14 bits per heavy atom. The molecule has 7 nitrogen and oxygen atoms in total. The van der Waals surface area contributed by atoms with Crippen LogP contribution in [0.2, 0.25) is 0 Å². The number of nitrogens with zero attached hydrogens (tertiary/aromatic N) is 3. The average molecular weight is 383 g/mol. The maximum absolute atomic E-state index is 12.0. The predicted octanol–water partition coefficient (Wildman–Crippen LogP) is 2.17. The summed E-state index contributed by atoms with van der Waals surface area (Å²) < 4.78 is 5.40. The highest BCUT2D eigenvalue weighted by molar-refractivity contribution is 5.75. The molecule has 0 unspecified atom stereocenters. The Kier molecular flexibility index (Phi) is 7.61. The van der Waals surface area contributed by atoms with Gasteiger partial charge in [0.05, 0.1) is 13.2 Å². The van der Waals surface area contributed by atoms with Crippen molar-refractivity contribution in [1.29, 1.82) is 0 Å². The Morgan fingerprint density at radius 3 is 2.71 bits per heavy atom. The van der Waals surface area contributed by atoms with E-state index >= 15 is 0 Å². The van der Waals surface area contributed by atoms with Crippen LogP contribution in [-0.2, 0) is 16.0 Å². The Hall–Kier alpha value is -2.67. The van der Waals surface area contributed by atoms with Gasteiger partial charge >= 0.3 is 0 Å². The van der Waals surface area contributed by atoms with Crippen molar-refractivity contribution >= 4 is 17.5 Å². The van der Waals surface area contributed by atoms with E-state index in [1.54, 1.807) is 0 Å². The summed E-state index contributed by atoms with van der Waals surface area (Å²) in [6.07, 6.45) is 2.33. The molecule has 2 heterocycles. The van der Waals surface area contributed by atoms with E-state index in [9.17, 15) is 4.79 Å². The third kappa shape index (κ3) is 6.49. The number of benzene rings is 1. The van der Waals surface area contributed by atoms with Crippen molar-refractivity contribution in [3.8, 4) is 0 Å². The number of rotatable bonds is 9. The first-order valence-electron chi connectivity index (χ1n) is 9.93. The van der Waals surface area contributed by atoms with Crippen molar-refractivity contribution in [2.75, 3.05) is 49.6 Å². The lowest BCUT2D eigenvalue weighted by Crippen LogP contribution is -2.37. The first-order valence-corrected chi connectivity index (χ1v) is 9.93. The van der Waals surface area contributed by atoms with Crippen LogP contribution in [0.25, 0.3) is 0 Å². The second-order valence-electron chi connectivity index (χ2n) is 6.87. The normalized spacial score (nSPS) is 14.0. The lowest BCUT2D eigenvalue weighted by Gasteiger charge is -2.28. The van der Waals surface area contributed by atoms with Crippen LogP contribution in [0.4, 0.5) is 11.6 Å². The third-order valence-electron chi connectivity index (χ3n) is 4.62. The van der Waals surface area contributed by atoms with Crippen LogP contribution in [0.15, 0.2) is 36.4 Å². The molecule has 0 aliphatic carbocycles. The van der Waals surface area contributed by atoms with Crippen molar-refractivity contribution in [3.05, 3.63) is 47.8 Å². The van der Waals surface area contributed by atoms with E-state index in [4.69, 9.17) is 4.74 Å². The lowest BCUT2D eigenvalue weighted by atomic mass is 10.1. The fourth-order valence-electron chi connectivity index (χ4n) is 3.18. The van der Waals surface area contributed by atoms with Gasteiger partial charge in [-0.3, -0.25) is 4.79 Å². The molecule has 0 atom stereocenters. The number of hydrogen-bond donors (Lipinski definition) is 2. The maximum atomic E-state index is 12.0. The third-order valence-corrected chi connectivity index (χ3v) is 4.62. The zero-order chi connectivity index (χ0) is 19.6.